The Hall–Kier alpha value is -3.52. The van der Waals surface area contributed by atoms with E-state index < -0.39 is 11.9 Å². The van der Waals surface area contributed by atoms with Crippen LogP contribution in [0.2, 0.25) is 0 Å². The molecule has 0 aromatic heterocycles. The number of carbonyl (C=O) groups excluding carboxylic acids is 4. The van der Waals surface area contributed by atoms with Gasteiger partial charge in [-0.25, -0.2) is 0 Å². The van der Waals surface area contributed by atoms with Gasteiger partial charge in [-0.15, -0.1) is 0 Å². The number of benzene rings is 2. The molecule has 8 heteroatoms. The molecule has 3 N–H and O–H groups in total. The number of rotatable bonds is 5. The number of nitrogens with zero attached hydrogens (tertiary/aromatic N) is 1. The second-order valence-corrected chi connectivity index (χ2v) is 7.41. The summed E-state index contributed by atoms with van der Waals surface area (Å²) >= 11 is 0. The Morgan fingerprint density at radius 3 is 2.60 bits per heavy atom. The number of anilines is 1. The predicted octanol–water partition coefficient (Wildman–Crippen LogP) is 1.42. The van der Waals surface area contributed by atoms with Crippen LogP contribution in [-0.4, -0.2) is 41.6 Å². The standard InChI is InChI=1S/C22H22N4O4/c1-23-11-13-5-7-14(8-6-13)24-20(28)15-3-2-4-16-17(15)12-26(22(16)30)18-9-10-19(27)25-21(18)29/h2-8,18,23H,9-12H2,1H3,(H,24,28)(H,25,27,29). The minimum atomic E-state index is -0.710. The van der Waals surface area contributed by atoms with Crippen LogP contribution < -0.4 is 16.0 Å². The third kappa shape index (κ3) is 3.69. The average Bonchev–Trinajstić information content (AvgIpc) is 3.06. The summed E-state index contributed by atoms with van der Waals surface area (Å²) in [6.07, 6.45) is 0.471. The number of piperidine rings is 1. The summed E-state index contributed by atoms with van der Waals surface area (Å²) < 4.78 is 0. The molecule has 1 fully saturated rings. The molecule has 1 saturated heterocycles. The van der Waals surface area contributed by atoms with Gasteiger partial charge in [0.1, 0.15) is 6.04 Å². The minimum Gasteiger partial charge on any atom is -0.322 e. The smallest absolute Gasteiger partial charge is 0.256 e. The van der Waals surface area contributed by atoms with E-state index in [4.69, 9.17) is 0 Å². The van der Waals surface area contributed by atoms with Gasteiger partial charge < -0.3 is 15.5 Å². The molecule has 30 heavy (non-hydrogen) atoms. The largest absolute Gasteiger partial charge is 0.322 e. The van der Waals surface area contributed by atoms with E-state index in [2.05, 4.69) is 16.0 Å². The van der Waals surface area contributed by atoms with Crippen LogP contribution in [0.25, 0.3) is 0 Å². The quantitative estimate of drug-likeness (QED) is 0.651. The number of amides is 4. The molecule has 2 aromatic carbocycles. The summed E-state index contributed by atoms with van der Waals surface area (Å²) in [4.78, 5) is 50.9. The molecule has 2 aromatic rings. The van der Waals surface area contributed by atoms with E-state index >= 15 is 0 Å². The number of fused-ring (bicyclic) bond motifs is 1. The maximum atomic E-state index is 12.9. The highest BCUT2D eigenvalue weighted by atomic mass is 16.2. The number of carbonyl (C=O) groups is 4. The molecule has 0 saturated carbocycles. The lowest BCUT2D eigenvalue weighted by molar-refractivity contribution is -0.136. The fourth-order valence-corrected chi connectivity index (χ4v) is 3.91. The Morgan fingerprint density at radius 1 is 1.13 bits per heavy atom. The number of nitrogens with one attached hydrogen (secondary N) is 3. The number of imide groups is 1. The van der Waals surface area contributed by atoms with Crippen molar-refractivity contribution in [2.24, 2.45) is 0 Å². The van der Waals surface area contributed by atoms with Gasteiger partial charge in [-0.05, 0) is 48.9 Å². The molecule has 4 amide bonds. The highest BCUT2D eigenvalue weighted by Gasteiger charge is 2.40. The summed E-state index contributed by atoms with van der Waals surface area (Å²) in [5.74, 6) is -1.42. The SMILES string of the molecule is CNCc1ccc(NC(=O)c2cccc3c2CN(C2CCC(=O)NC2=O)C3=O)cc1. The second kappa shape index (κ2) is 8.08. The fraction of sp³-hybridized carbons (Fsp3) is 0.273. The minimum absolute atomic E-state index is 0.158. The van der Waals surface area contributed by atoms with Crippen LogP contribution in [0.1, 0.15) is 44.7 Å². The molecule has 2 aliphatic heterocycles. The summed E-state index contributed by atoms with van der Waals surface area (Å²) in [6.45, 7) is 0.893. The molecule has 1 atom stereocenters. The van der Waals surface area contributed by atoms with Crippen molar-refractivity contribution in [3.63, 3.8) is 0 Å². The van der Waals surface area contributed by atoms with Crippen molar-refractivity contribution in [2.45, 2.75) is 32.0 Å². The van der Waals surface area contributed by atoms with E-state index in [1.807, 2.05) is 31.3 Å². The molecule has 1 unspecified atom stereocenters. The van der Waals surface area contributed by atoms with Gasteiger partial charge in [0, 0.05) is 36.3 Å². The fourth-order valence-electron chi connectivity index (χ4n) is 3.91. The van der Waals surface area contributed by atoms with Crippen molar-refractivity contribution in [3.05, 3.63) is 64.7 Å². The zero-order valence-corrected chi connectivity index (χ0v) is 16.5. The number of hydrogen-bond donors (Lipinski definition) is 3. The Balaban J connectivity index is 1.54. The first-order valence-electron chi connectivity index (χ1n) is 9.79. The van der Waals surface area contributed by atoms with E-state index in [9.17, 15) is 19.2 Å². The zero-order valence-electron chi connectivity index (χ0n) is 16.5. The lowest BCUT2D eigenvalue weighted by Gasteiger charge is -2.29. The Labute approximate surface area is 173 Å². The third-order valence-corrected chi connectivity index (χ3v) is 5.42. The lowest BCUT2D eigenvalue weighted by atomic mass is 10.0. The molecule has 4 rings (SSSR count). The van der Waals surface area contributed by atoms with Gasteiger partial charge in [-0.3, -0.25) is 24.5 Å². The monoisotopic (exact) mass is 406 g/mol. The van der Waals surface area contributed by atoms with Gasteiger partial charge in [0.2, 0.25) is 11.8 Å². The molecular formula is C22H22N4O4. The van der Waals surface area contributed by atoms with Crippen molar-refractivity contribution in [2.75, 3.05) is 12.4 Å². The summed E-state index contributed by atoms with van der Waals surface area (Å²) in [6, 6.07) is 11.8. The summed E-state index contributed by atoms with van der Waals surface area (Å²) in [7, 11) is 1.87. The van der Waals surface area contributed by atoms with Crippen molar-refractivity contribution < 1.29 is 19.2 Å². The van der Waals surface area contributed by atoms with Crippen LogP contribution >= 0.6 is 0 Å². The van der Waals surface area contributed by atoms with Gasteiger partial charge in [0.25, 0.3) is 11.8 Å². The van der Waals surface area contributed by atoms with Gasteiger partial charge in [0.05, 0.1) is 0 Å². The Morgan fingerprint density at radius 2 is 1.90 bits per heavy atom. The van der Waals surface area contributed by atoms with Gasteiger partial charge in [-0.1, -0.05) is 18.2 Å². The summed E-state index contributed by atoms with van der Waals surface area (Å²) in [5.41, 5.74) is 3.16. The lowest BCUT2D eigenvalue weighted by Crippen LogP contribution is -2.52. The normalized spacial score (nSPS) is 18.2. The Kier molecular flexibility index (Phi) is 5.33. The highest BCUT2D eigenvalue weighted by molar-refractivity contribution is 6.10. The second-order valence-electron chi connectivity index (χ2n) is 7.41. The molecule has 0 radical (unpaired) electrons. The molecular weight excluding hydrogens is 384 g/mol. The van der Waals surface area contributed by atoms with E-state index in [-0.39, 0.29) is 37.1 Å². The van der Waals surface area contributed by atoms with E-state index in [1.54, 1.807) is 18.2 Å². The van der Waals surface area contributed by atoms with Gasteiger partial charge in [-0.2, -0.15) is 0 Å². The van der Waals surface area contributed by atoms with Crippen LogP contribution in [-0.2, 0) is 22.7 Å². The molecule has 0 aliphatic carbocycles. The van der Waals surface area contributed by atoms with E-state index in [0.717, 1.165) is 12.1 Å². The first-order valence-corrected chi connectivity index (χ1v) is 9.79. The topological polar surface area (TPSA) is 108 Å². The maximum Gasteiger partial charge on any atom is 0.256 e. The molecule has 2 heterocycles. The molecule has 0 bridgehead atoms. The maximum absolute atomic E-state index is 12.9. The molecule has 8 nitrogen and oxygen atoms in total. The molecule has 0 spiro atoms. The highest BCUT2D eigenvalue weighted by Crippen LogP contribution is 2.30. The molecule has 2 aliphatic rings. The van der Waals surface area contributed by atoms with Crippen molar-refractivity contribution in [3.8, 4) is 0 Å². The van der Waals surface area contributed by atoms with E-state index in [1.165, 1.54) is 4.90 Å². The Bertz CT molecular complexity index is 1030. The first-order chi connectivity index (χ1) is 14.5. The van der Waals surface area contributed by atoms with Crippen molar-refractivity contribution in [1.29, 1.82) is 0 Å². The van der Waals surface area contributed by atoms with Crippen molar-refractivity contribution in [1.82, 2.24) is 15.5 Å². The van der Waals surface area contributed by atoms with Crippen LogP contribution in [0.5, 0.6) is 0 Å². The van der Waals surface area contributed by atoms with Crippen LogP contribution in [0.15, 0.2) is 42.5 Å². The van der Waals surface area contributed by atoms with Gasteiger partial charge in [0.15, 0.2) is 0 Å². The van der Waals surface area contributed by atoms with Crippen LogP contribution in [0.3, 0.4) is 0 Å². The zero-order chi connectivity index (χ0) is 21.3. The summed E-state index contributed by atoms with van der Waals surface area (Å²) in [5, 5.41) is 8.22. The van der Waals surface area contributed by atoms with Crippen LogP contribution in [0.4, 0.5) is 5.69 Å². The van der Waals surface area contributed by atoms with Crippen LogP contribution in [0, 0.1) is 0 Å². The predicted molar refractivity (Wildman–Crippen MR) is 110 cm³/mol. The third-order valence-electron chi connectivity index (χ3n) is 5.42. The average molecular weight is 406 g/mol. The van der Waals surface area contributed by atoms with Crippen molar-refractivity contribution >= 4 is 29.3 Å². The number of hydrogen-bond acceptors (Lipinski definition) is 5. The van der Waals surface area contributed by atoms with E-state index in [0.29, 0.717) is 22.4 Å². The first kappa shape index (κ1) is 19.8. The molecule has 154 valence electrons. The van der Waals surface area contributed by atoms with Gasteiger partial charge >= 0.3 is 0 Å².